The molecule has 0 radical (unpaired) electrons. The molecule has 1 saturated carbocycles. The Labute approximate surface area is 159 Å². The van der Waals surface area contributed by atoms with Crippen LogP contribution in [0.2, 0.25) is 0 Å². The second-order valence-corrected chi connectivity index (χ2v) is 9.15. The summed E-state index contributed by atoms with van der Waals surface area (Å²) in [5.41, 5.74) is 0. The number of hydrogen-bond donors (Lipinski definition) is 2. The van der Waals surface area contributed by atoms with Crippen LogP contribution in [0.15, 0.2) is 0 Å². The maximum Gasteiger partial charge on any atom is 0.152 e. The van der Waals surface area contributed by atoms with E-state index in [9.17, 15) is 19.8 Å². The van der Waals surface area contributed by atoms with Gasteiger partial charge >= 0.3 is 0 Å². The number of aliphatic hydroxyl groups is 2. The lowest BCUT2D eigenvalue weighted by Gasteiger charge is -2.23. The van der Waals surface area contributed by atoms with Crippen molar-refractivity contribution in [2.24, 2.45) is 35.5 Å². The topological polar surface area (TPSA) is 74.6 Å². The Balaban J connectivity index is 2.97. The summed E-state index contributed by atoms with van der Waals surface area (Å²) < 4.78 is 0. The SMILES string of the molecule is CCC(C)C(O)C1C(=O)C(CCC(C)C)C(C(O)CCCC(C)C)C1=O. The van der Waals surface area contributed by atoms with Gasteiger partial charge in [-0.15, -0.1) is 0 Å². The third kappa shape index (κ3) is 5.88. The van der Waals surface area contributed by atoms with Gasteiger partial charge in [-0.3, -0.25) is 9.59 Å². The van der Waals surface area contributed by atoms with E-state index >= 15 is 0 Å². The molecule has 0 aromatic rings. The van der Waals surface area contributed by atoms with Crippen molar-refractivity contribution in [1.82, 2.24) is 0 Å². The summed E-state index contributed by atoms with van der Waals surface area (Å²) >= 11 is 0. The minimum Gasteiger partial charge on any atom is -0.392 e. The van der Waals surface area contributed by atoms with Gasteiger partial charge in [0, 0.05) is 5.92 Å². The average molecular weight is 369 g/mol. The van der Waals surface area contributed by atoms with Crippen LogP contribution in [0.1, 0.15) is 80.1 Å². The Hall–Kier alpha value is -0.740. The van der Waals surface area contributed by atoms with Gasteiger partial charge in [-0.1, -0.05) is 67.2 Å². The summed E-state index contributed by atoms with van der Waals surface area (Å²) in [5.74, 6) is -1.51. The van der Waals surface area contributed by atoms with E-state index in [1.54, 1.807) is 0 Å². The maximum atomic E-state index is 13.0. The molecule has 26 heavy (non-hydrogen) atoms. The van der Waals surface area contributed by atoms with E-state index in [0.717, 1.165) is 25.7 Å². The van der Waals surface area contributed by atoms with Crippen LogP contribution in [0, 0.1) is 35.5 Å². The molecule has 4 heteroatoms. The van der Waals surface area contributed by atoms with E-state index in [1.807, 2.05) is 13.8 Å². The highest BCUT2D eigenvalue weighted by molar-refractivity contribution is 6.12. The van der Waals surface area contributed by atoms with Gasteiger partial charge in [0.25, 0.3) is 0 Å². The fraction of sp³-hybridized carbons (Fsp3) is 0.909. The van der Waals surface area contributed by atoms with Crippen molar-refractivity contribution in [3.8, 4) is 0 Å². The second-order valence-electron chi connectivity index (χ2n) is 9.15. The van der Waals surface area contributed by atoms with Crippen LogP contribution in [-0.4, -0.2) is 34.0 Å². The Morgan fingerprint density at radius 2 is 1.46 bits per heavy atom. The summed E-state index contributed by atoms with van der Waals surface area (Å²) in [5, 5.41) is 21.3. The highest BCUT2D eigenvalue weighted by Crippen LogP contribution is 2.40. The molecule has 1 aliphatic rings. The monoisotopic (exact) mass is 368 g/mol. The van der Waals surface area contributed by atoms with Gasteiger partial charge in [-0.2, -0.15) is 0 Å². The Morgan fingerprint density at radius 1 is 0.885 bits per heavy atom. The number of carbonyl (C=O) groups is 2. The van der Waals surface area contributed by atoms with Gasteiger partial charge in [-0.25, -0.2) is 0 Å². The smallest absolute Gasteiger partial charge is 0.152 e. The maximum absolute atomic E-state index is 13.0. The Bertz CT molecular complexity index is 457. The lowest BCUT2D eigenvalue weighted by Crippen LogP contribution is -2.36. The normalized spacial score (nSPS) is 27.4. The zero-order valence-electron chi connectivity index (χ0n) is 17.6. The summed E-state index contributed by atoms with van der Waals surface area (Å²) in [6, 6.07) is 0. The van der Waals surface area contributed by atoms with Gasteiger partial charge in [0.1, 0.15) is 11.7 Å². The molecule has 0 aromatic carbocycles. The number of carbonyl (C=O) groups excluding carboxylic acids is 2. The Kier molecular flexibility index (Phi) is 9.46. The lowest BCUT2D eigenvalue weighted by molar-refractivity contribution is -0.135. The van der Waals surface area contributed by atoms with Crippen LogP contribution >= 0.6 is 0 Å². The van der Waals surface area contributed by atoms with Gasteiger partial charge in [0.05, 0.1) is 18.1 Å². The highest BCUT2D eigenvalue weighted by Gasteiger charge is 2.54. The summed E-state index contributed by atoms with van der Waals surface area (Å²) in [4.78, 5) is 26.0. The van der Waals surface area contributed by atoms with Crippen molar-refractivity contribution in [3.05, 3.63) is 0 Å². The van der Waals surface area contributed by atoms with Crippen LogP contribution in [0.25, 0.3) is 0 Å². The highest BCUT2D eigenvalue weighted by atomic mass is 16.3. The van der Waals surface area contributed by atoms with E-state index in [4.69, 9.17) is 0 Å². The van der Waals surface area contributed by atoms with Gasteiger partial charge in [0.15, 0.2) is 5.78 Å². The van der Waals surface area contributed by atoms with Crippen LogP contribution in [-0.2, 0) is 9.59 Å². The second kappa shape index (κ2) is 10.6. The zero-order chi connectivity index (χ0) is 20.0. The number of rotatable bonds is 11. The quantitative estimate of drug-likeness (QED) is 0.540. The Morgan fingerprint density at radius 3 is 1.96 bits per heavy atom. The van der Waals surface area contributed by atoms with Gasteiger partial charge in [-0.05, 0) is 30.6 Å². The van der Waals surface area contributed by atoms with Crippen molar-refractivity contribution >= 4 is 11.6 Å². The first-order valence-electron chi connectivity index (χ1n) is 10.5. The molecule has 0 heterocycles. The van der Waals surface area contributed by atoms with E-state index in [-0.39, 0.29) is 17.5 Å². The molecule has 6 unspecified atom stereocenters. The summed E-state index contributed by atoms with van der Waals surface area (Å²) in [6.45, 7) is 12.3. The molecule has 1 rings (SSSR count). The molecule has 0 aliphatic heterocycles. The molecule has 0 amide bonds. The number of Topliss-reactive ketones (excluding diaryl/α,β-unsaturated/α-hetero) is 2. The van der Waals surface area contributed by atoms with Crippen LogP contribution in [0.3, 0.4) is 0 Å². The predicted molar refractivity (Wildman–Crippen MR) is 105 cm³/mol. The summed E-state index contributed by atoms with van der Waals surface area (Å²) in [6.07, 6.45) is 2.88. The van der Waals surface area contributed by atoms with E-state index in [0.29, 0.717) is 24.7 Å². The molecule has 1 fully saturated rings. The first-order chi connectivity index (χ1) is 12.1. The number of aliphatic hydroxyl groups excluding tert-OH is 2. The average Bonchev–Trinajstić information content (AvgIpc) is 2.81. The third-order valence-corrected chi connectivity index (χ3v) is 6.06. The molecular formula is C22H40O4. The first kappa shape index (κ1) is 23.3. The van der Waals surface area contributed by atoms with Crippen LogP contribution in [0.5, 0.6) is 0 Å². The summed E-state index contributed by atoms with van der Waals surface area (Å²) in [7, 11) is 0. The van der Waals surface area contributed by atoms with E-state index in [1.165, 1.54) is 0 Å². The van der Waals surface area contributed by atoms with Gasteiger partial charge < -0.3 is 10.2 Å². The molecule has 6 atom stereocenters. The molecule has 0 spiro atoms. The molecule has 0 aromatic heterocycles. The molecule has 2 N–H and O–H groups in total. The minimum atomic E-state index is -0.952. The van der Waals surface area contributed by atoms with Crippen molar-refractivity contribution < 1.29 is 19.8 Å². The van der Waals surface area contributed by atoms with E-state index in [2.05, 4.69) is 27.7 Å². The van der Waals surface area contributed by atoms with Gasteiger partial charge in [0.2, 0.25) is 0 Å². The molecule has 152 valence electrons. The minimum absolute atomic E-state index is 0.101. The van der Waals surface area contributed by atoms with E-state index < -0.39 is 30.0 Å². The molecule has 1 aliphatic carbocycles. The van der Waals surface area contributed by atoms with Crippen molar-refractivity contribution in [3.63, 3.8) is 0 Å². The molecule has 0 bridgehead atoms. The van der Waals surface area contributed by atoms with Crippen molar-refractivity contribution in [1.29, 1.82) is 0 Å². The largest absolute Gasteiger partial charge is 0.392 e. The zero-order valence-corrected chi connectivity index (χ0v) is 17.6. The molecular weight excluding hydrogens is 328 g/mol. The van der Waals surface area contributed by atoms with Crippen LogP contribution in [0.4, 0.5) is 0 Å². The number of hydrogen-bond acceptors (Lipinski definition) is 4. The van der Waals surface area contributed by atoms with Crippen molar-refractivity contribution in [2.45, 2.75) is 92.3 Å². The predicted octanol–water partition coefficient (Wildman–Crippen LogP) is 4.02. The lowest BCUT2D eigenvalue weighted by atomic mass is 9.83. The first-order valence-corrected chi connectivity index (χ1v) is 10.5. The third-order valence-electron chi connectivity index (χ3n) is 6.06. The van der Waals surface area contributed by atoms with Crippen LogP contribution < -0.4 is 0 Å². The standard InChI is InChI=1S/C22H40O4/c1-7-15(6)20(24)19-21(25)16(12-11-14(4)5)18(22(19)26)17(23)10-8-9-13(2)3/h13-20,23-24H,7-12H2,1-6H3. The number of ketones is 2. The molecule has 4 nitrogen and oxygen atoms in total. The fourth-order valence-corrected chi connectivity index (χ4v) is 4.07. The van der Waals surface area contributed by atoms with Crippen molar-refractivity contribution in [2.75, 3.05) is 0 Å². The fourth-order valence-electron chi connectivity index (χ4n) is 4.07. The molecule has 0 saturated heterocycles.